The summed E-state index contributed by atoms with van der Waals surface area (Å²) in [5.41, 5.74) is -0.187. The van der Waals surface area contributed by atoms with Crippen LogP contribution in [0.2, 0.25) is 0 Å². The van der Waals surface area contributed by atoms with Gasteiger partial charge < -0.3 is 9.47 Å². The molecule has 0 fully saturated rings. The van der Waals surface area contributed by atoms with Gasteiger partial charge in [0.2, 0.25) is 0 Å². The fraction of sp³-hybridized carbons (Fsp3) is 0.769. The van der Waals surface area contributed by atoms with Crippen molar-refractivity contribution >= 4 is 6.09 Å². The fourth-order valence-corrected chi connectivity index (χ4v) is 1.07. The zero-order valence-electron chi connectivity index (χ0n) is 11.8. The van der Waals surface area contributed by atoms with E-state index in [-0.39, 0.29) is 0 Å². The molecule has 4 nitrogen and oxygen atoms in total. The normalized spacial score (nSPS) is 12.1. The molecule has 0 bridgehead atoms. The van der Waals surface area contributed by atoms with E-state index in [1.807, 2.05) is 27.7 Å². The van der Waals surface area contributed by atoms with E-state index in [1.165, 1.54) is 0 Å². The standard InChI is InChI=1S/C13H25NO3/c1-10(2)8-9-16-13(6,7)14-11(15)17-12(3,4)5/h1,8-9H2,2-7H3,(H,14,15). The van der Waals surface area contributed by atoms with Crippen LogP contribution in [-0.2, 0) is 9.47 Å². The van der Waals surface area contributed by atoms with Gasteiger partial charge in [0, 0.05) is 0 Å². The molecule has 0 aromatic carbocycles. The van der Waals surface area contributed by atoms with Gasteiger partial charge in [-0.1, -0.05) is 5.57 Å². The Morgan fingerprint density at radius 3 is 2.18 bits per heavy atom. The van der Waals surface area contributed by atoms with Crippen LogP contribution < -0.4 is 5.32 Å². The van der Waals surface area contributed by atoms with Gasteiger partial charge in [-0.3, -0.25) is 5.32 Å². The Morgan fingerprint density at radius 1 is 1.24 bits per heavy atom. The van der Waals surface area contributed by atoms with Gasteiger partial charge in [-0.05, 0) is 48.0 Å². The molecule has 4 heteroatoms. The third kappa shape index (κ3) is 9.87. The first kappa shape index (κ1) is 16.0. The van der Waals surface area contributed by atoms with Crippen molar-refractivity contribution in [1.82, 2.24) is 5.32 Å². The van der Waals surface area contributed by atoms with Crippen LogP contribution in [0.5, 0.6) is 0 Å². The van der Waals surface area contributed by atoms with Gasteiger partial charge in [0.05, 0.1) is 6.61 Å². The highest BCUT2D eigenvalue weighted by molar-refractivity contribution is 5.68. The summed E-state index contributed by atoms with van der Waals surface area (Å²) in [5.74, 6) is 0. The predicted molar refractivity (Wildman–Crippen MR) is 68.8 cm³/mol. The molecular weight excluding hydrogens is 218 g/mol. The van der Waals surface area contributed by atoms with Crippen molar-refractivity contribution in [1.29, 1.82) is 0 Å². The number of carbonyl (C=O) groups is 1. The first-order valence-electron chi connectivity index (χ1n) is 5.81. The smallest absolute Gasteiger partial charge is 0.409 e. The topological polar surface area (TPSA) is 47.6 Å². The summed E-state index contributed by atoms with van der Waals surface area (Å²) >= 11 is 0. The van der Waals surface area contributed by atoms with Gasteiger partial charge in [0.15, 0.2) is 0 Å². The van der Waals surface area contributed by atoms with Crippen LogP contribution in [0.15, 0.2) is 12.2 Å². The SMILES string of the molecule is C=C(C)CCOC(C)(C)NC(=O)OC(C)(C)C. The average molecular weight is 243 g/mol. The van der Waals surface area contributed by atoms with E-state index in [2.05, 4.69) is 11.9 Å². The second kappa shape index (κ2) is 6.05. The zero-order chi connectivity index (χ0) is 13.7. The highest BCUT2D eigenvalue weighted by Crippen LogP contribution is 2.11. The summed E-state index contributed by atoms with van der Waals surface area (Å²) in [6.07, 6.45) is 0.303. The number of ether oxygens (including phenoxy) is 2. The van der Waals surface area contributed by atoms with E-state index in [4.69, 9.17) is 9.47 Å². The minimum absolute atomic E-state index is 0.474. The molecular formula is C13H25NO3. The summed E-state index contributed by atoms with van der Waals surface area (Å²) in [5, 5.41) is 2.67. The number of hydrogen-bond donors (Lipinski definition) is 1. The van der Waals surface area contributed by atoms with Crippen LogP contribution in [0.4, 0.5) is 4.79 Å². The van der Waals surface area contributed by atoms with Gasteiger partial charge in [-0.25, -0.2) is 4.79 Å². The molecule has 0 aromatic rings. The molecule has 0 aromatic heterocycles. The minimum Gasteiger partial charge on any atom is -0.444 e. The second-order valence-electron chi connectivity index (χ2n) is 5.69. The minimum atomic E-state index is -0.738. The third-order valence-corrected chi connectivity index (χ3v) is 1.79. The van der Waals surface area contributed by atoms with Gasteiger partial charge >= 0.3 is 6.09 Å². The molecule has 1 amide bonds. The number of amides is 1. The summed E-state index contributed by atoms with van der Waals surface area (Å²) in [7, 11) is 0. The molecule has 0 unspecified atom stereocenters. The van der Waals surface area contributed by atoms with Crippen LogP contribution in [0.3, 0.4) is 0 Å². The summed E-state index contributed by atoms with van der Waals surface area (Å²) in [4.78, 5) is 11.5. The van der Waals surface area contributed by atoms with Crippen LogP contribution in [0.25, 0.3) is 0 Å². The molecule has 17 heavy (non-hydrogen) atoms. The lowest BCUT2D eigenvalue weighted by atomic mass is 10.2. The van der Waals surface area contributed by atoms with Gasteiger partial charge in [0.1, 0.15) is 11.3 Å². The Hall–Kier alpha value is -1.03. The summed E-state index contributed by atoms with van der Waals surface area (Å²) < 4.78 is 10.7. The Kier molecular flexibility index (Phi) is 5.69. The zero-order valence-corrected chi connectivity index (χ0v) is 11.8. The van der Waals surface area contributed by atoms with Crippen molar-refractivity contribution < 1.29 is 14.3 Å². The summed E-state index contributed by atoms with van der Waals surface area (Å²) in [6, 6.07) is 0. The molecule has 100 valence electrons. The quantitative estimate of drug-likeness (QED) is 0.595. The largest absolute Gasteiger partial charge is 0.444 e. The van der Waals surface area contributed by atoms with E-state index in [9.17, 15) is 4.79 Å². The third-order valence-electron chi connectivity index (χ3n) is 1.79. The lowest BCUT2D eigenvalue weighted by Gasteiger charge is -2.28. The molecule has 0 aliphatic carbocycles. The Bertz CT molecular complexity index is 277. The maximum Gasteiger partial charge on any atom is 0.409 e. The molecule has 0 radical (unpaired) electrons. The summed E-state index contributed by atoms with van der Waals surface area (Å²) in [6.45, 7) is 15.3. The van der Waals surface area contributed by atoms with E-state index < -0.39 is 17.4 Å². The number of nitrogens with one attached hydrogen (secondary N) is 1. The maximum absolute atomic E-state index is 11.5. The lowest BCUT2D eigenvalue weighted by Crippen LogP contribution is -2.47. The van der Waals surface area contributed by atoms with E-state index in [1.54, 1.807) is 13.8 Å². The molecule has 0 atom stereocenters. The monoisotopic (exact) mass is 243 g/mol. The van der Waals surface area contributed by atoms with Crippen LogP contribution in [0, 0.1) is 0 Å². The Labute approximate surface area is 104 Å². The highest BCUT2D eigenvalue weighted by atomic mass is 16.6. The molecule has 0 rings (SSSR count). The molecule has 0 aliphatic heterocycles. The number of rotatable bonds is 5. The first-order chi connectivity index (χ1) is 7.52. The van der Waals surface area contributed by atoms with Crippen molar-refractivity contribution in [2.75, 3.05) is 6.61 Å². The van der Waals surface area contributed by atoms with Crippen LogP contribution in [-0.4, -0.2) is 24.0 Å². The van der Waals surface area contributed by atoms with E-state index in [0.29, 0.717) is 6.61 Å². The molecule has 0 saturated carbocycles. The maximum atomic E-state index is 11.5. The van der Waals surface area contributed by atoms with Crippen molar-refractivity contribution in [2.24, 2.45) is 0 Å². The van der Waals surface area contributed by atoms with Crippen molar-refractivity contribution in [2.45, 2.75) is 59.3 Å². The number of alkyl carbamates (subject to hydrolysis) is 1. The lowest BCUT2D eigenvalue weighted by molar-refractivity contribution is -0.0469. The van der Waals surface area contributed by atoms with Crippen molar-refractivity contribution in [3.63, 3.8) is 0 Å². The van der Waals surface area contributed by atoms with Gasteiger partial charge in [0.25, 0.3) is 0 Å². The van der Waals surface area contributed by atoms with E-state index in [0.717, 1.165) is 12.0 Å². The molecule has 0 saturated heterocycles. The Balaban J connectivity index is 4.07. The van der Waals surface area contributed by atoms with Crippen molar-refractivity contribution in [3.8, 4) is 0 Å². The van der Waals surface area contributed by atoms with Crippen molar-refractivity contribution in [3.05, 3.63) is 12.2 Å². The molecule has 0 aliphatic rings. The predicted octanol–water partition coefficient (Wildman–Crippen LogP) is 3.23. The Morgan fingerprint density at radius 2 is 1.76 bits per heavy atom. The van der Waals surface area contributed by atoms with E-state index >= 15 is 0 Å². The first-order valence-corrected chi connectivity index (χ1v) is 5.81. The number of carbonyl (C=O) groups excluding carboxylic acids is 1. The van der Waals surface area contributed by atoms with Crippen LogP contribution in [0.1, 0.15) is 48.0 Å². The molecule has 0 spiro atoms. The number of hydrogen-bond acceptors (Lipinski definition) is 3. The average Bonchev–Trinajstić information content (AvgIpc) is 1.96. The van der Waals surface area contributed by atoms with Crippen LogP contribution >= 0.6 is 0 Å². The fourth-order valence-electron chi connectivity index (χ4n) is 1.07. The molecule has 1 N–H and O–H groups in total. The highest BCUT2D eigenvalue weighted by Gasteiger charge is 2.24. The molecule has 0 heterocycles. The van der Waals surface area contributed by atoms with Gasteiger partial charge in [-0.15, -0.1) is 6.58 Å². The van der Waals surface area contributed by atoms with Gasteiger partial charge in [-0.2, -0.15) is 0 Å². The second-order valence-corrected chi connectivity index (χ2v) is 5.69.